The molecule has 0 aromatic carbocycles. The summed E-state index contributed by atoms with van der Waals surface area (Å²) in [4.78, 5) is 14.0. The maximum absolute atomic E-state index is 12.1. The predicted octanol–water partition coefficient (Wildman–Crippen LogP) is 1.40. The van der Waals surface area contributed by atoms with Crippen LogP contribution in [0.4, 0.5) is 0 Å². The van der Waals surface area contributed by atoms with Gasteiger partial charge in [0.1, 0.15) is 0 Å². The maximum atomic E-state index is 12.1. The monoisotopic (exact) mass is 210 g/mol. The largest absolute Gasteiger partial charge is 0.338 e. The molecule has 0 bridgehead atoms. The Kier molecular flexibility index (Phi) is 4.33. The second-order valence-electron chi connectivity index (χ2n) is 4.67. The molecule has 1 aliphatic rings. The molecule has 1 rings (SSSR count). The number of carbonyl (C=O) groups is 1. The smallest absolute Gasteiger partial charge is 0.227 e. The highest BCUT2D eigenvalue weighted by Crippen LogP contribution is 2.17. The van der Waals surface area contributed by atoms with Crippen LogP contribution in [0.5, 0.6) is 0 Å². The van der Waals surface area contributed by atoms with Gasteiger partial charge in [0.2, 0.25) is 5.91 Å². The van der Waals surface area contributed by atoms with Gasteiger partial charge in [-0.1, -0.05) is 25.5 Å². The third kappa shape index (κ3) is 3.06. The van der Waals surface area contributed by atoms with Crippen molar-refractivity contribution in [3.63, 3.8) is 0 Å². The molecule has 0 aliphatic carbocycles. The molecule has 3 heteroatoms. The van der Waals surface area contributed by atoms with Gasteiger partial charge in [-0.05, 0) is 19.3 Å². The lowest BCUT2D eigenvalue weighted by molar-refractivity contribution is -0.136. The molecule has 1 heterocycles. The van der Waals surface area contributed by atoms with E-state index in [1.807, 2.05) is 4.90 Å². The summed E-state index contributed by atoms with van der Waals surface area (Å²) in [6.45, 7) is 8.29. The Bertz CT molecular complexity index is 258. The van der Waals surface area contributed by atoms with Gasteiger partial charge in [0.25, 0.3) is 0 Å². The maximum Gasteiger partial charge on any atom is 0.227 e. The molecule has 1 amide bonds. The van der Waals surface area contributed by atoms with E-state index in [1.54, 1.807) is 0 Å². The van der Waals surface area contributed by atoms with E-state index in [0.717, 1.165) is 19.5 Å². The second-order valence-corrected chi connectivity index (χ2v) is 4.67. The van der Waals surface area contributed by atoms with E-state index in [0.29, 0.717) is 12.5 Å². The first-order chi connectivity index (χ1) is 7.06. The minimum Gasteiger partial charge on any atom is -0.338 e. The Morgan fingerprint density at radius 3 is 2.67 bits per heavy atom. The van der Waals surface area contributed by atoms with Crippen molar-refractivity contribution in [2.75, 3.05) is 19.6 Å². The molecule has 1 unspecified atom stereocenters. The molecule has 15 heavy (non-hydrogen) atoms. The number of nitrogens with two attached hydrogens (primary N) is 1. The summed E-state index contributed by atoms with van der Waals surface area (Å²) in [6, 6.07) is 0. The normalized spacial score (nSPS) is 19.0. The second kappa shape index (κ2) is 5.31. The minimum absolute atomic E-state index is 0.0168. The van der Waals surface area contributed by atoms with Gasteiger partial charge < -0.3 is 10.6 Å². The van der Waals surface area contributed by atoms with Gasteiger partial charge in [0.15, 0.2) is 0 Å². The predicted molar refractivity (Wildman–Crippen MR) is 62.3 cm³/mol. The van der Waals surface area contributed by atoms with Crippen LogP contribution < -0.4 is 5.73 Å². The van der Waals surface area contributed by atoms with Crippen molar-refractivity contribution >= 4 is 5.91 Å². The molecule has 2 N–H and O–H groups in total. The number of nitrogens with zero attached hydrogens (tertiary/aromatic N) is 1. The van der Waals surface area contributed by atoms with Crippen LogP contribution in [0.3, 0.4) is 0 Å². The number of hydrogen-bond acceptors (Lipinski definition) is 2. The van der Waals surface area contributed by atoms with E-state index in [9.17, 15) is 4.79 Å². The summed E-state index contributed by atoms with van der Waals surface area (Å²) in [5.41, 5.74) is 7.03. The molecular formula is C12H22N2O. The molecule has 0 radical (unpaired) electrons. The summed E-state index contributed by atoms with van der Waals surface area (Å²) in [5.74, 6) is 0.530. The first-order valence-corrected chi connectivity index (χ1v) is 5.70. The van der Waals surface area contributed by atoms with E-state index in [-0.39, 0.29) is 11.8 Å². The van der Waals surface area contributed by atoms with Crippen LogP contribution in [0.25, 0.3) is 0 Å². The number of hydrogen-bond donors (Lipinski definition) is 1. The van der Waals surface area contributed by atoms with Crippen LogP contribution in [-0.4, -0.2) is 30.4 Å². The molecule has 1 atom stereocenters. The van der Waals surface area contributed by atoms with Gasteiger partial charge >= 0.3 is 0 Å². The topological polar surface area (TPSA) is 46.3 Å². The Hall–Kier alpha value is -0.830. The van der Waals surface area contributed by atoms with Gasteiger partial charge in [-0.3, -0.25) is 4.79 Å². The van der Waals surface area contributed by atoms with Gasteiger partial charge in [0.05, 0.1) is 5.92 Å². The van der Waals surface area contributed by atoms with E-state index in [4.69, 9.17) is 5.73 Å². The number of carbonyl (C=O) groups excluding carboxylic acids is 1. The van der Waals surface area contributed by atoms with E-state index in [2.05, 4.69) is 26.8 Å². The van der Waals surface area contributed by atoms with Crippen molar-refractivity contribution in [1.82, 2.24) is 4.90 Å². The van der Waals surface area contributed by atoms with Crippen LogP contribution >= 0.6 is 0 Å². The highest BCUT2D eigenvalue weighted by atomic mass is 16.2. The third-order valence-electron chi connectivity index (χ3n) is 3.12. The highest BCUT2D eigenvalue weighted by Gasteiger charge is 2.26. The van der Waals surface area contributed by atoms with Crippen molar-refractivity contribution in [2.45, 2.75) is 27.2 Å². The first-order valence-electron chi connectivity index (χ1n) is 5.70. The third-order valence-corrected chi connectivity index (χ3v) is 3.12. The molecule has 3 nitrogen and oxygen atoms in total. The fourth-order valence-electron chi connectivity index (χ4n) is 1.86. The Balaban J connectivity index is 2.60. The molecule has 0 saturated heterocycles. The summed E-state index contributed by atoms with van der Waals surface area (Å²) >= 11 is 0. The standard InChI is InChI=1S/C12H22N2O/c1-9(2)11(8-13)12(15)14-6-4-10(3)5-7-14/h4,9,11H,5-8,13H2,1-3H3. The Labute approximate surface area is 92.3 Å². The highest BCUT2D eigenvalue weighted by molar-refractivity contribution is 5.79. The number of amides is 1. The molecular weight excluding hydrogens is 188 g/mol. The van der Waals surface area contributed by atoms with Crippen molar-refractivity contribution in [3.8, 4) is 0 Å². The average molecular weight is 210 g/mol. The van der Waals surface area contributed by atoms with Gasteiger partial charge in [-0.15, -0.1) is 0 Å². The van der Waals surface area contributed by atoms with Crippen molar-refractivity contribution in [1.29, 1.82) is 0 Å². The van der Waals surface area contributed by atoms with E-state index < -0.39 is 0 Å². The van der Waals surface area contributed by atoms with Crippen molar-refractivity contribution in [2.24, 2.45) is 17.6 Å². The van der Waals surface area contributed by atoms with Crippen LogP contribution in [0, 0.1) is 11.8 Å². The lowest BCUT2D eigenvalue weighted by atomic mass is 9.94. The van der Waals surface area contributed by atoms with Gasteiger partial charge in [0, 0.05) is 19.6 Å². The lowest BCUT2D eigenvalue weighted by Crippen LogP contribution is -2.43. The van der Waals surface area contributed by atoms with Gasteiger partial charge in [-0.25, -0.2) is 0 Å². The number of rotatable bonds is 3. The molecule has 86 valence electrons. The molecule has 0 fully saturated rings. The van der Waals surface area contributed by atoms with Crippen LogP contribution in [0.2, 0.25) is 0 Å². The zero-order chi connectivity index (χ0) is 11.4. The van der Waals surface area contributed by atoms with Crippen LogP contribution in [-0.2, 0) is 4.79 Å². The zero-order valence-corrected chi connectivity index (χ0v) is 9.99. The first kappa shape index (κ1) is 12.2. The van der Waals surface area contributed by atoms with Crippen molar-refractivity contribution < 1.29 is 4.79 Å². The Morgan fingerprint density at radius 2 is 2.27 bits per heavy atom. The van der Waals surface area contributed by atoms with Crippen molar-refractivity contribution in [3.05, 3.63) is 11.6 Å². The molecule has 0 aromatic heterocycles. The van der Waals surface area contributed by atoms with E-state index >= 15 is 0 Å². The molecule has 0 saturated carbocycles. The summed E-state index contributed by atoms with van der Waals surface area (Å²) < 4.78 is 0. The van der Waals surface area contributed by atoms with Gasteiger partial charge in [-0.2, -0.15) is 0 Å². The fourth-order valence-corrected chi connectivity index (χ4v) is 1.86. The van der Waals surface area contributed by atoms with Crippen LogP contribution in [0.1, 0.15) is 27.2 Å². The van der Waals surface area contributed by atoms with Crippen LogP contribution in [0.15, 0.2) is 11.6 Å². The summed E-state index contributed by atoms with van der Waals surface area (Å²) in [7, 11) is 0. The molecule has 0 spiro atoms. The Morgan fingerprint density at radius 1 is 1.60 bits per heavy atom. The summed E-state index contributed by atoms with van der Waals surface area (Å²) in [6.07, 6.45) is 3.14. The average Bonchev–Trinajstić information content (AvgIpc) is 2.19. The zero-order valence-electron chi connectivity index (χ0n) is 9.99. The molecule has 0 aromatic rings. The lowest BCUT2D eigenvalue weighted by Gasteiger charge is -2.30. The van der Waals surface area contributed by atoms with E-state index in [1.165, 1.54) is 5.57 Å². The minimum atomic E-state index is -0.0168. The summed E-state index contributed by atoms with van der Waals surface area (Å²) in [5, 5.41) is 0. The molecule has 1 aliphatic heterocycles. The quantitative estimate of drug-likeness (QED) is 0.716. The SMILES string of the molecule is CC1=CCN(C(=O)C(CN)C(C)C)CC1. The fraction of sp³-hybridized carbons (Fsp3) is 0.750.